The number of hydrogen-bond donors (Lipinski definition) is 1. The Morgan fingerprint density at radius 3 is 2.67 bits per heavy atom. The van der Waals surface area contributed by atoms with Crippen LogP contribution in [0.2, 0.25) is 5.02 Å². The van der Waals surface area contributed by atoms with Crippen LogP contribution in [0.15, 0.2) is 36.7 Å². The summed E-state index contributed by atoms with van der Waals surface area (Å²) < 4.78 is 5.59. The maximum atomic E-state index is 12.9. The molecule has 0 aromatic carbocycles. The molecule has 0 saturated carbocycles. The van der Waals surface area contributed by atoms with Crippen molar-refractivity contribution in [2.75, 3.05) is 23.3 Å². The van der Waals surface area contributed by atoms with Crippen molar-refractivity contribution < 1.29 is 9.53 Å². The molecule has 0 aliphatic rings. The number of pyridine rings is 2. The van der Waals surface area contributed by atoms with E-state index >= 15 is 0 Å². The molecule has 0 bridgehead atoms. The molecule has 0 aliphatic carbocycles. The third kappa shape index (κ3) is 5.87. The summed E-state index contributed by atoms with van der Waals surface area (Å²) in [7, 11) is 0. The highest BCUT2D eigenvalue weighted by molar-refractivity contribution is 7.17. The van der Waals surface area contributed by atoms with Crippen LogP contribution in [0.1, 0.15) is 42.7 Å². The predicted octanol–water partition coefficient (Wildman–Crippen LogP) is 4.44. The van der Waals surface area contributed by atoms with Gasteiger partial charge in [0.25, 0.3) is 11.1 Å². The van der Waals surface area contributed by atoms with Crippen LogP contribution >= 0.6 is 22.9 Å². The van der Waals surface area contributed by atoms with Crippen molar-refractivity contribution in [3.05, 3.63) is 52.9 Å². The maximum absolute atomic E-state index is 12.9. The molecule has 0 spiro atoms. The molecule has 8 nitrogen and oxygen atoms in total. The summed E-state index contributed by atoms with van der Waals surface area (Å²) in [4.78, 5) is 23.6. The largest absolute Gasteiger partial charge is 0.462 e. The minimum absolute atomic E-state index is 0.232. The second-order valence-electron chi connectivity index (χ2n) is 6.45. The van der Waals surface area contributed by atoms with Crippen molar-refractivity contribution in [2.45, 2.75) is 33.3 Å². The summed E-state index contributed by atoms with van der Waals surface area (Å²) in [5.41, 5.74) is 1.22. The molecule has 30 heavy (non-hydrogen) atoms. The smallest absolute Gasteiger partial charge is 0.296 e. The van der Waals surface area contributed by atoms with Crippen LogP contribution in [0, 0.1) is 0 Å². The van der Waals surface area contributed by atoms with E-state index < -0.39 is 0 Å². The average Bonchev–Trinajstić information content (AvgIpc) is 3.20. The van der Waals surface area contributed by atoms with E-state index in [4.69, 9.17) is 16.3 Å². The molecule has 0 atom stereocenters. The van der Waals surface area contributed by atoms with Gasteiger partial charge in [-0.25, -0.2) is 4.98 Å². The average molecular weight is 447 g/mol. The standard InChI is InChI=1S/C20H23ClN6O2S/c1-3-10-27(11-4-2)17-16(6-5-9-22-17)18(28)24-19-25-26-20(30-19)29-13-15-8-7-14(21)12-23-15/h5-9,12H,3-4,10-11,13H2,1-2H3,(H,24,25,28). The number of aromatic nitrogens is 4. The molecular weight excluding hydrogens is 424 g/mol. The summed E-state index contributed by atoms with van der Waals surface area (Å²) in [5.74, 6) is 0.394. The first kappa shape index (κ1) is 21.9. The lowest BCUT2D eigenvalue weighted by atomic mass is 10.2. The van der Waals surface area contributed by atoms with Crippen LogP contribution in [0.5, 0.6) is 5.19 Å². The lowest BCUT2D eigenvalue weighted by Gasteiger charge is -2.24. The number of amides is 1. The normalized spacial score (nSPS) is 10.6. The SMILES string of the molecule is CCCN(CCC)c1ncccc1C(=O)Nc1nnc(OCc2ccc(Cl)cn2)s1. The number of halogens is 1. The van der Waals surface area contributed by atoms with Crippen LogP contribution in [-0.2, 0) is 6.61 Å². The van der Waals surface area contributed by atoms with Gasteiger partial charge in [-0.2, -0.15) is 0 Å². The van der Waals surface area contributed by atoms with Gasteiger partial charge in [-0.1, -0.05) is 30.5 Å². The van der Waals surface area contributed by atoms with Gasteiger partial charge in [-0.3, -0.25) is 15.1 Å². The quantitative estimate of drug-likeness (QED) is 0.492. The third-order valence-corrected chi connectivity index (χ3v) is 5.05. The van der Waals surface area contributed by atoms with Gasteiger partial charge in [0.15, 0.2) is 0 Å². The van der Waals surface area contributed by atoms with E-state index in [1.165, 1.54) is 0 Å². The summed E-state index contributed by atoms with van der Waals surface area (Å²) in [6.45, 7) is 6.11. The van der Waals surface area contributed by atoms with Crippen LogP contribution in [-0.4, -0.2) is 39.2 Å². The second kappa shape index (κ2) is 10.8. The van der Waals surface area contributed by atoms with Crippen molar-refractivity contribution in [3.8, 4) is 5.19 Å². The molecule has 3 heterocycles. The van der Waals surface area contributed by atoms with Gasteiger partial charge >= 0.3 is 0 Å². The number of carbonyl (C=O) groups is 1. The van der Waals surface area contributed by atoms with Gasteiger partial charge in [-0.05, 0) is 48.4 Å². The zero-order valence-corrected chi connectivity index (χ0v) is 18.4. The molecule has 1 amide bonds. The fourth-order valence-corrected chi connectivity index (χ4v) is 3.50. The van der Waals surface area contributed by atoms with E-state index in [0.29, 0.717) is 32.4 Å². The zero-order chi connectivity index (χ0) is 21.3. The van der Waals surface area contributed by atoms with Crippen molar-refractivity contribution in [3.63, 3.8) is 0 Å². The van der Waals surface area contributed by atoms with Gasteiger partial charge in [0.1, 0.15) is 12.4 Å². The lowest BCUT2D eigenvalue weighted by Crippen LogP contribution is -2.28. The molecule has 3 aromatic rings. The molecule has 10 heteroatoms. The van der Waals surface area contributed by atoms with E-state index in [0.717, 1.165) is 37.3 Å². The number of hydrogen-bond acceptors (Lipinski definition) is 8. The van der Waals surface area contributed by atoms with Crippen LogP contribution in [0.3, 0.4) is 0 Å². The minimum Gasteiger partial charge on any atom is -0.462 e. The summed E-state index contributed by atoms with van der Waals surface area (Å²) in [5, 5.41) is 12.0. The van der Waals surface area contributed by atoms with E-state index in [2.05, 4.69) is 44.2 Å². The molecule has 3 aromatic heterocycles. The van der Waals surface area contributed by atoms with Gasteiger partial charge < -0.3 is 9.64 Å². The van der Waals surface area contributed by atoms with E-state index in [9.17, 15) is 4.79 Å². The molecule has 0 saturated heterocycles. The second-order valence-corrected chi connectivity index (χ2v) is 7.82. The lowest BCUT2D eigenvalue weighted by molar-refractivity contribution is 0.102. The highest BCUT2D eigenvalue weighted by atomic mass is 35.5. The van der Waals surface area contributed by atoms with Gasteiger partial charge in [-0.15, -0.1) is 5.10 Å². The van der Waals surface area contributed by atoms with E-state index in [1.54, 1.807) is 36.7 Å². The minimum atomic E-state index is -0.280. The van der Waals surface area contributed by atoms with Crippen molar-refractivity contribution in [2.24, 2.45) is 0 Å². The Balaban J connectivity index is 1.66. The van der Waals surface area contributed by atoms with Crippen LogP contribution in [0.25, 0.3) is 0 Å². The fourth-order valence-electron chi connectivity index (χ4n) is 2.80. The molecule has 1 N–H and O–H groups in total. The van der Waals surface area contributed by atoms with Crippen LogP contribution < -0.4 is 15.0 Å². The van der Waals surface area contributed by atoms with E-state index in [-0.39, 0.29) is 12.5 Å². The summed E-state index contributed by atoms with van der Waals surface area (Å²) in [6.07, 6.45) is 5.19. The first-order valence-electron chi connectivity index (χ1n) is 9.68. The van der Waals surface area contributed by atoms with Gasteiger partial charge in [0.05, 0.1) is 16.3 Å². The van der Waals surface area contributed by atoms with E-state index in [1.807, 2.05) is 0 Å². The van der Waals surface area contributed by atoms with Gasteiger partial charge in [0.2, 0.25) is 5.13 Å². The number of nitrogens with zero attached hydrogens (tertiary/aromatic N) is 5. The van der Waals surface area contributed by atoms with Crippen LogP contribution in [0.4, 0.5) is 10.9 Å². The fraction of sp³-hybridized carbons (Fsp3) is 0.350. The Labute approximate surface area is 184 Å². The molecule has 0 fully saturated rings. The summed E-state index contributed by atoms with van der Waals surface area (Å²) in [6, 6.07) is 7.03. The molecular formula is C20H23ClN6O2S. The zero-order valence-electron chi connectivity index (χ0n) is 16.8. The summed E-state index contributed by atoms with van der Waals surface area (Å²) >= 11 is 6.97. The Morgan fingerprint density at radius 2 is 1.97 bits per heavy atom. The molecule has 0 unspecified atom stereocenters. The Bertz CT molecular complexity index is 960. The number of carbonyl (C=O) groups excluding carboxylic acids is 1. The monoisotopic (exact) mass is 446 g/mol. The Hall–Kier alpha value is -2.78. The molecule has 3 rings (SSSR count). The Kier molecular flexibility index (Phi) is 7.92. The topological polar surface area (TPSA) is 93.1 Å². The molecule has 0 radical (unpaired) electrons. The number of anilines is 2. The first-order chi connectivity index (χ1) is 14.6. The van der Waals surface area contributed by atoms with Crippen molar-refractivity contribution >= 4 is 39.8 Å². The number of nitrogens with one attached hydrogen (secondary N) is 1. The number of rotatable bonds is 10. The third-order valence-electron chi connectivity index (χ3n) is 4.08. The Morgan fingerprint density at radius 1 is 1.17 bits per heavy atom. The van der Waals surface area contributed by atoms with Crippen molar-refractivity contribution in [1.29, 1.82) is 0 Å². The highest BCUT2D eigenvalue weighted by Gasteiger charge is 2.19. The molecule has 158 valence electrons. The first-order valence-corrected chi connectivity index (χ1v) is 10.9. The maximum Gasteiger partial charge on any atom is 0.296 e. The van der Waals surface area contributed by atoms with Crippen molar-refractivity contribution in [1.82, 2.24) is 20.2 Å². The number of ether oxygens (including phenoxy) is 1. The molecule has 0 aliphatic heterocycles. The highest BCUT2D eigenvalue weighted by Crippen LogP contribution is 2.25. The predicted molar refractivity (Wildman–Crippen MR) is 118 cm³/mol. The van der Waals surface area contributed by atoms with Gasteiger partial charge in [0, 0.05) is 25.5 Å².